The van der Waals surface area contributed by atoms with Crippen molar-refractivity contribution in [3.05, 3.63) is 24.3 Å². The second kappa shape index (κ2) is 8.87. The first-order chi connectivity index (χ1) is 11.4. The van der Waals surface area contributed by atoms with Gasteiger partial charge in [-0.3, -0.25) is 4.79 Å². The lowest BCUT2D eigenvalue weighted by Gasteiger charge is -2.15. The zero-order valence-corrected chi connectivity index (χ0v) is 16.0. The third-order valence-corrected chi connectivity index (χ3v) is 6.95. The molecule has 0 radical (unpaired) electrons. The molecular weight excluding hydrogens is 344 g/mol. The first kappa shape index (κ1) is 19.3. The van der Waals surface area contributed by atoms with Crippen LogP contribution in [-0.4, -0.2) is 43.5 Å². The molecule has 0 spiro atoms. The minimum atomic E-state index is -3.36. The summed E-state index contributed by atoms with van der Waals surface area (Å²) in [5, 5.41) is 2.96. The van der Waals surface area contributed by atoms with Gasteiger partial charge in [-0.15, -0.1) is 11.8 Å². The van der Waals surface area contributed by atoms with Crippen LogP contribution in [0.1, 0.15) is 39.5 Å². The van der Waals surface area contributed by atoms with Crippen molar-refractivity contribution in [1.82, 2.24) is 9.62 Å². The molecule has 1 saturated heterocycles. The molecule has 1 aromatic rings. The molecule has 1 aliphatic rings. The molecule has 1 fully saturated rings. The van der Waals surface area contributed by atoms with Gasteiger partial charge in [-0.05, 0) is 50.5 Å². The monoisotopic (exact) mass is 370 g/mol. The predicted octanol–water partition coefficient (Wildman–Crippen LogP) is 2.87. The largest absolute Gasteiger partial charge is 0.353 e. The highest BCUT2D eigenvalue weighted by Gasteiger charge is 2.26. The molecule has 1 heterocycles. The maximum Gasteiger partial charge on any atom is 0.243 e. The number of hydrogen-bond acceptors (Lipinski definition) is 4. The number of nitrogens with zero attached hydrogens (tertiary/aromatic N) is 1. The molecule has 0 aliphatic carbocycles. The van der Waals surface area contributed by atoms with Crippen LogP contribution in [0.3, 0.4) is 0 Å². The van der Waals surface area contributed by atoms with Gasteiger partial charge in [-0.1, -0.05) is 13.3 Å². The second-order valence-electron chi connectivity index (χ2n) is 6.13. The maximum absolute atomic E-state index is 12.4. The van der Waals surface area contributed by atoms with Gasteiger partial charge in [0, 0.05) is 24.0 Å². The summed E-state index contributed by atoms with van der Waals surface area (Å²) >= 11 is 1.42. The SMILES string of the molecule is CCCC(C)NC(=O)CSc1ccc(S(=O)(=O)N2CCCC2)cc1. The van der Waals surface area contributed by atoms with Crippen molar-refractivity contribution in [2.24, 2.45) is 0 Å². The summed E-state index contributed by atoms with van der Waals surface area (Å²) in [6.07, 6.45) is 3.87. The lowest BCUT2D eigenvalue weighted by atomic mass is 10.2. The summed E-state index contributed by atoms with van der Waals surface area (Å²) < 4.78 is 26.4. The van der Waals surface area contributed by atoms with Crippen LogP contribution in [0.15, 0.2) is 34.1 Å². The average molecular weight is 371 g/mol. The summed E-state index contributed by atoms with van der Waals surface area (Å²) in [6.45, 7) is 5.31. The van der Waals surface area contributed by atoms with E-state index in [-0.39, 0.29) is 11.9 Å². The number of rotatable bonds is 8. The molecule has 7 heteroatoms. The zero-order valence-electron chi connectivity index (χ0n) is 14.3. The summed E-state index contributed by atoms with van der Waals surface area (Å²) in [4.78, 5) is 13.1. The van der Waals surface area contributed by atoms with Crippen LogP contribution in [0.4, 0.5) is 0 Å². The minimum Gasteiger partial charge on any atom is -0.353 e. The molecule has 1 aliphatic heterocycles. The standard InChI is InChI=1S/C17H26N2O3S2/c1-3-6-14(2)18-17(20)13-23-15-7-9-16(10-8-15)24(21,22)19-11-4-5-12-19/h7-10,14H,3-6,11-13H2,1-2H3,(H,18,20). The number of nitrogens with one attached hydrogen (secondary N) is 1. The molecule has 0 bridgehead atoms. The number of carbonyl (C=O) groups is 1. The highest BCUT2D eigenvalue weighted by molar-refractivity contribution is 8.00. The predicted molar refractivity (Wildman–Crippen MR) is 97.7 cm³/mol. The van der Waals surface area contributed by atoms with Gasteiger partial charge >= 0.3 is 0 Å². The van der Waals surface area contributed by atoms with Gasteiger partial charge in [0.25, 0.3) is 0 Å². The molecule has 1 unspecified atom stereocenters. The summed E-state index contributed by atoms with van der Waals surface area (Å²) in [5.74, 6) is 0.349. The number of amides is 1. The number of thioether (sulfide) groups is 1. The van der Waals surface area contributed by atoms with Gasteiger partial charge < -0.3 is 5.32 Å². The zero-order chi connectivity index (χ0) is 17.6. The van der Waals surface area contributed by atoms with Crippen molar-refractivity contribution in [2.75, 3.05) is 18.8 Å². The number of benzene rings is 1. The molecule has 1 N–H and O–H groups in total. The first-order valence-corrected chi connectivity index (χ1v) is 10.9. The van der Waals surface area contributed by atoms with Gasteiger partial charge in [0.05, 0.1) is 10.6 Å². The Hall–Kier alpha value is -1.05. The molecule has 0 aromatic heterocycles. The Bertz CT molecular complexity index is 638. The van der Waals surface area contributed by atoms with Crippen molar-refractivity contribution in [1.29, 1.82) is 0 Å². The van der Waals surface area contributed by atoms with E-state index in [0.29, 0.717) is 23.7 Å². The van der Waals surface area contributed by atoms with Crippen LogP contribution in [0.25, 0.3) is 0 Å². The summed E-state index contributed by atoms with van der Waals surface area (Å²) in [7, 11) is -3.36. The number of carbonyl (C=O) groups excluding carboxylic acids is 1. The third-order valence-electron chi connectivity index (χ3n) is 4.03. The Kier molecular flexibility index (Phi) is 7.13. The van der Waals surface area contributed by atoms with Crippen LogP contribution in [-0.2, 0) is 14.8 Å². The van der Waals surface area contributed by atoms with E-state index in [2.05, 4.69) is 12.2 Å². The van der Waals surface area contributed by atoms with Crippen LogP contribution >= 0.6 is 11.8 Å². The quantitative estimate of drug-likeness (QED) is 0.715. The van der Waals surface area contributed by atoms with Gasteiger partial charge in [0.1, 0.15) is 0 Å². The Labute approximate surface area is 149 Å². The number of sulfonamides is 1. The Morgan fingerprint density at radius 1 is 1.25 bits per heavy atom. The fraction of sp³-hybridized carbons (Fsp3) is 0.588. The third kappa shape index (κ3) is 5.22. The molecule has 1 aromatic carbocycles. The molecule has 0 saturated carbocycles. The second-order valence-corrected chi connectivity index (χ2v) is 9.12. The van der Waals surface area contributed by atoms with E-state index < -0.39 is 10.0 Å². The molecule has 2 rings (SSSR count). The van der Waals surface area contributed by atoms with E-state index in [0.717, 1.165) is 30.6 Å². The molecule has 24 heavy (non-hydrogen) atoms. The average Bonchev–Trinajstić information content (AvgIpc) is 3.09. The maximum atomic E-state index is 12.4. The van der Waals surface area contributed by atoms with Gasteiger partial charge in [0.15, 0.2) is 0 Å². The van der Waals surface area contributed by atoms with Crippen LogP contribution < -0.4 is 5.32 Å². The Morgan fingerprint density at radius 2 is 1.88 bits per heavy atom. The Balaban J connectivity index is 1.89. The van der Waals surface area contributed by atoms with Crippen LogP contribution in [0.2, 0.25) is 0 Å². The van der Waals surface area contributed by atoms with Crippen LogP contribution in [0.5, 0.6) is 0 Å². The van der Waals surface area contributed by atoms with E-state index in [9.17, 15) is 13.2 Å². The van der Waals surface area contributed by atoms with Crippen molar-refractivity contribution >= 4 is 27.7 Å². The van der Waals surface area contributed by atoms with Crippen molar-refractivity contribution in [3.8, 4) is 0 Å². The van der Waals surface area contributed by atoms with E-state index in [1.54, 1.807) is 24.3 Å². The lowest BCUT2D eigenvalue weighted by molar-refractivity contribution is -0.119. The Morgan fingerprint density at radius 3 is 2.46 bits per heavy atom. The highest BCUT2D eigenvalue weighted by Crippen LogP contribution is 2.24. The van der Waals surface area contributed by atoms with Gasteiger partial charge in [-0.2, -0.15) is 4.31 Å². The van der Waals surface area contributed by atoms with Gasteiger partial charge in [-0.25, -0.2) is 8.42 Å². The van der Waals surface area contributed by atoms with Crippen LogP contribution in [0, 0.1) is 0 Å². The van der Waals surface area contributed by atoms with Crippen molar-refractivity contribution in [2.45, 2.75) is 55.4 Å². The fourth-order valence-electron chi connectivity index (χ4n) is 2.76. The lowest BCUT2D eigenvalue weighted by Crippen LogP contribution is -2.33. The molecule has 1 atom stereocenters. The van der Waals surface area contributed by atoms with Crippen molar-refractivity contribution < 1.29 is 13.2 Å². The topological polar surface area (TPSA) is 66.5 Å². The molecule has 134 valence electrons. The van der Waals surface area contributed by atoms with E-state index in [4.69, 9.17) is 0 Å². The van der Waals surface area contributed by atoms with E-state index in [1.807, 2.05) is 6.92 Å². The fourth-order valence-corrected chi connectivity index (χ4v) is 4.98. The van der Waals surface area contributed by atoms with E-state index >= 15 is 0 Å². The first-order valence-electron chi connectivity index (χ1n) is 8.46. The minimum absolute atomic E-state index is 0.00900. The number of hydrogen-bond donors (Lipinski definition) is 1. The molecular formula is C17H26N2O3S2. The normalized spacial score (nSPS) is 16.9. The smallest absolute Gasteiger partial charge is 0.243 e. The summed E-state index contributed by atoms with van der Waals surface area (Å²) in [5.41, 5.74) is 0. The molecule has 5 nitrogen and oxygen atoms in total. The van der Waals surface area contributed by atoms with E-state index in [1.165, 1.54) is 16.1 Å². The van der Waals surface area contributed by atoms with Crippen molar-refractivity contribution in [3.63, 3.8) is 0 Å². The molecule has 1 amide bonds. The van der Waals surface area contributed by atoms with Gasteiger partial charge in [0.2, 0.25) is 15.9 Å². The summed E-state index contributed by atoms with van der Waals surface area (Å²) in [6, 6.07) is 7.00. The highest BCUT2D eigenvalue weighted by atomic mass is 32.2.